The first-order chi connectivity index (χ1) is 13.6. The zero-order valence-corrected chi connectivity index (χ0v) is 16.2. The van der Waals surface area contributed by atoms with Crippen LogP contribution in [-0.2, 0) is 4.79 Å². The molecule has 1 aliphatic heterocycles. The second-order valence-corrected chi connectivity index (χ2v) is 7.49. The summed E-state index contributed by atoms with van der Waals surface area (Å²) in [5.74, 6) is 0.0185. The molecule has 146 valence electrons. The molecule has 1 fully saturated rings. The van der Waals surface area contributed by atoms with Crippen LogP contribution in [0.5, 0.6) is 0 Å². The van der Waals surface area contributed by atoms with Crippen LogP contribution in [0.4, 0.5) is 11.4 Å². The van der Waals surface area contributed by atoms with E-state index in [9.17, 15) is 14.9 Å². The molecule has 8 heteroatoms. The van der Waals surface area contributed by atoms with Gasteiger partial charge in [-0.25, -0.2) is 5.43 Å². The summed E-state index contributed by atoms with van der Waals surface area (Å²) in [7, 11) is 0. The first kappa shape index (κ1) is 19.9. The second kappa shape index (κ2) is 9.89. The Morgan fingerprint density at radius 3 is 2.64 bits per heavy atom. The number of hydrogen-bond acceptors (Lipinski definition) is 6. The summed E-state index contributed by atoms with van der Waals surface area (Å²) >= 11 is 1.42. The molecule has 1 saturated heterocycles. The van der Waals surface area contributed by atoms with Crippen molar-refractivity contribution in [1.82, 2.24) is 5.43 Å². The van der Waals surface area contributed by atoms with Crippen molar-refractivity contribution in [2.75, 3.05) is 23.7 Å². The van der Waals surface area contributed by atoms with E-state index in [0.717, 1.165) is 36.5 Å². The van der Waals surface area contributed by atoms with Crippen LogP contribution in [0.25, 0.3) is 0 Å². The van der Waals surface area contributed by atoms with Crippen LogP contribution in [0, 0.1) is 10.1 Å². The summed E-state index contributed by atoms with van der Waals surface area (Å²) in [5, 5.41) is 15.1. The molecule has 2 aromatic carbocycles. The number of nitrogens with zero attached hydrogens (tertiary/aromatic N) is 3. The highest BCUT2D eigenvalue weighted by atomic mass is 32.2. The highest BCUT2D eigenvalue weighted by molar-refractivity contribution is 8.00. The van der Waals surface area contributed by atoms with Gasteiger partial charge in [-0.05, 0) is 37.5 Å². The van der Waals surface area contributed by atoms with E-state index in [2.05, 4.69) is 15.4 Å². The van der Waals surface area contributed by atoms with E-state index in [1.165, 1.54) is 36.5 Å². The number of thioether (sulfide) groups is 1. The van der Waals surface area contributed by atoms with Crippen molar-refractivity contribution in [2.45, 2.75) is 24.2 Å². The first-order valence-electron chi connectivity index (χ1n) is 9.16. The van der Waals surface area contributed by atoms with E-state index in [1.807, 2.05) is 30.3 Å². The number of benzene rings is 2. The molecule has 1 aliphatic rings. The quantitative estimate of drug-likeness (QED) is 0.331. The summed E-state index contributed by atoms with van der Waals surface area (Å²) in [6.45, 7) is 1.83. The van der Waals surface area contributed by atoms with E-state index >= 15 is 0 Å². The van der Waals surface area contributed by atoms with Crippen LogP contribution in [0.2, 0.25) is 0 Å². The summed E-state index contributed by atoms with van der Waals surface area (Å²) in [5.41, 5.74) is 4.05. The number of rotatable bonds is 7. The minimum absolute atomic E-state index is 0.00756. The molecule has 3 rings (SSSR count). The Labute approximate surface area is 168 Å². The molecule has 7 nitrogen and oxygen atoms in total. The third kappa shape index (κ3) is 5.56. The Bertz CT molecular complexity index is 852. The standard InChI is InChI=1S/C20H22N4O3S/c25-20(15-28-18-7-3-1-4-8-18)22-21-14-16-13-17(24(26)27)9-10-19(16)23-11-5-2-6-12-23/h1,3-4,7-10,13-14H,2,5-6,11-12,15H2,(H,22,25)/b21-14-. The summed E-state index contributed by atoms with van der Waals surface area (Å²) in [6.07, 6.45) is 4.88. The van der Waals surface area contributed by atoms with Crippen LogP contribution in [0.1, 0.15) is 24.8 Å². The van der Waals surface area contributed by atoms with Gasteiger partial charge in [-0.3, -0.25) is 14.9 Å². The molecule has 0 aliphatic carbocycles. The lowest BCUT2D eigenvalue weighted by Gasteiger charge is -2.29. The molecular formula is C20H22N4O3S. The predicted molar refractivity (Wildman–Crippen MR) is 112 cm³/mol. The maximum Gasteiger partial charge on any atom is 0.270 e. The van der Waals surface area contributed by atoms with Crippen molar-refractivity contribution in [3.05, 3.63) is 64.2 Å². The number of carbonyl (C=O) groups is 1. The van der Waals surface area contributed by atoms with Crippen molar-refractivity contribution in [2.24, 2.45) is 5.10 Å². The average Bonchev–Trinajstić information content (AvgIpc) is 2.73. The normalized spacial score (nSPS) is 14.2. The Kier molecular flexibility index (Phi) is 7.02. The molecule has 0 atom stereocenters. The number of nitro groups is 1. The molecular weight excluding hydrogens is 376 g/mol. The largest absolute Gasteiger partial charge is 0.371 e. The lowest BCUT2D eigenvalue weighted by atomic mass is 10.1. The maximum absolute atomic E-state index is 12.0. The molecule has 1 heterocycles. The fraction of sp³-hybridized carbons (Fsp3) is 0.300. The van der Waals surface area contributed by atoms with Crippen LogP contribution < -0.4 is 10.3 Å². The summed E-state index contributed by atoms with van der Waals surface area (Å²) in [6, 6.07) is 14.4. The molecule has 1 amide bonds. The van der Waals surface area contributed by atoms with Gasteiger partial charge in [0.15, 0.2) is 0 Å². The number of hydrazone groups is 1. The van der Waals surface area contributed by atoms with E-state index in [-0.39, 0.29) is 17.3 Å². The van der Waals surface area contributed by atoms with Gasteiger partial charge in [0.05, 0.1) is 16.9 Å². The number of anilines is 1. The van der Waals surface area contributed by atoms with Gasteiger partial charge in [0.1, 0.15) is 0 Å². The molecule has 1 N–H and O–H groups in total. The van der Waals surface area contributed by atoms with Crippen LogP contribution in [-0.4, -0.2) is 35.9 Å². The van der Waals surface area contributed by atoms with Crippen molar-refractivity contribution in [3.63, 3.8) is 0 Å². The minimum Gasteiger partial charge on any atom is -0.371 e. The number of piperidine rings is 1. The lowest BCUT2D eigenvalue weighted by molar-refractivity contribution is -0.384. The highest BCUT2D eigenvalue weighted by Gasteiger charge is 2.17. The fourth-order valence-corrected chi connectivity index (χ4v) is 3.77. The molecule has 0 spiro atoms. The van der Waals surface area contributed by atoms with E-state index in [1.54, 1.807) is 6.07 Å². The summed E-state index contributed by atoms with van der Waals surface area (Å²) in [4.78, 5) is 25.9. The third-order valence-electron chi connectivity index (χ3n) is 4.42. The third-order valence-corrected chi connectivity index (χ3v) is 5.44. The number of amides is 1. The minimum atomic E-state index is -0.424. The van der Waals surface area contributed by atoms with E-state index in [0.29, 0.717) is 5.56 Å². The van der Waals surface area contributed by atoms with Gasteiger partial charge < -0.3 is 4.90 Å². The van der Waals surface area contributed by atoms with E-state index in [4.69, 9.17) is 0 Å². The van der Waals surface area contributed by atoms with Gasteiger partial charge in [0.2, 0.25) is 5.91 Å². The molecule has 0 unspecified atom stereocenters. The highest BCUT2D eigenvalue weighted by Crippen LogP contribution is 2.27. The van der Waals surface area contributed by atoms with Gasteiger partial charge in [0, 0.05) is 41.4 Å². The SMILES string of the molecule is O=C(CSc1ccccc1)N/N=C\c1cc([N+](=O)[O-])ccc1N1CCCCC1. The monoisotopic (exact) mass is 398 g/mol. The van der Waals surface area contributed by atoms with Crippen LogP contribution in [0.3, 0.4) is 0 Å². The Morgan fingerprint density at radius 2 is 1.93 bits per heavy atom. The molecule has 0 radical (unpaired) electrons. The van der Waals surface area contributed by atoms with Gasteiger partial charge in [-0.1, -0.05) is 18.2 Å². The zero-order chi connectivity index (χ0) is 19.8. The van der Waals surface area contributed by atoms with Gasteiger partial charge in [0.25, 0.3) is 5.69 Å². The topological polar surface area (TPSA) is 87.8 Å². The second-order valence-electron chi connectivity index (χ2n) is 6.44. The lowest BCUT2D eigenvalue weighted by Crippen LogP contribution is -2.30. The number of nitrogens with one attached hydrogen (secondary N) is 1. The van der Waals surface area contributed by atoms with Gasteiger partial charge in [-0.15, -0.1) is 11.8 Å². The number of nitro benzene ring substituents is 1. The van der Waals surface area contributed by atoms with Crippen LogP contribution in [0.15, 0.2) is 58.5 Å². The molecule has 28 heavy (non-hydrogen) atoms. The van der Waals surface area contributed by atoms with Crippen molar-refractivity contribution < 1.29 is 9.72 Å². The Morgan fingerprint density at radius 1 is 1.18 bits per heavy atom. The van der Waals surface area contributed by atoms with Crippen molar-refractivity contribution >= 4 is 35.3 Å². The molecule has 0 aromatic heterocycles. The first-order valence-corrected chi connectivity index (χ1v) is 10.2. The number of hydrogen-bond donors (Lipinski definition) is 1. The molecule has 0 bridgehead atoms. The number of carbonyl (C=O) groups excluding carboxylic acids is 1. The van der Waals surface area contributed by atoms with Crippen molar-refractivity contribution in [1.29, 1.82) is 0 Å². The zero-order valence-electron chi connectivity index (χ0n) is 15.4. The van der Waals surface area contributed by atoms with Gasteiger partial charge >= 0.3 is 0 Å². The van der Waals surface area contributed by atoms with Crippen molar-refractivity contribution in [3.8, 4) is 0 Å². The molecule has 2 aromatic rings. The number of non-ortho nitro benzene ring substituents is 1. The maximum atomic E-state index is 12.0. The van der Waals surface area contributed by atoms with Crippen LogP contribution >= 0.6 is 11.8 Å². The van der Waals surface area contributed by atoms with Gasteiger partial charge in [-0.2, -0.15) is 5.10 Å². The average molecular weight is 398 g/mol. The fourth-order valence-electron chi connectivity index (χ4n) is 3.05. The summed E-state index contributed by atoms with van der Waals surface area (Å²) < 4.78 is 0. The Balaban J connectivity index is 1.66. The molecule has 0 saturated carbocycles. The smallest absolute Gasteiger partial charge is 0.270 e. The Hall–Kier alpha value is -2.87. The van der Waals surface area contributed by atoms with E-state index < -0.39 is 4.92 Å². The predicted octanol–water partition coefficient (Wildman–Crippen LogP) is 3.83.